The first-order valence-corrected chi connectivity index (χ1v) is 4.75. The number of aliphatic hydroxyl groups excluding tert-OH is 1. The lowest BCUT2D eigenvalue weighted by molar-refractivity contribution is -0.0453. The van der Waals surface area contributed by atoms with Crippen LogP contribution >= 0.6 is 0 Å². The van der Waals surface area contributed by atoms with E-state index in [1.807, 2.05) is 6.92 Å². The quantitative estimate of drug-likeness (QED) is 0.663. The Balaban J connectivity index is 2.71. The summed E-state index contributed by atoms with van der Waals surface area (Å²) >= 11 is 0. The molecule has 1 saturated carbocycles. The maximum atomic E-state index is 10.0. The van der Waals surface area contributed by atoms with E-state index >= 15 is 0 Å². The van der Waals surface area contributed by atoms with Crippen LogP contribution in [0.2, 0.25) is 0 Å². The summed E-state index contributed by atoms with van der Waals surface area (Å²) in [7, 11) is 0. The lowest BCUT2D eigenvalue weighted by atomic mass is 9.72. The van der Waals surface area contributed by atoms with Crippen molar-refractivity contribution in [3.8, 4) is 0 Å². The van der Waals surface area contributed by atoms with E-state index in [1.54, 1.807) is 0 Å². The van der Waals surface area contributed by atoms with Gasteiger partial charge in [-0.15, -0.1) is 0 Å². The van der Waals surface area contributed by atoms with Gasteiger partial charge in [0.2, 0.25) is 0 Å². The summed E-state index contributed by atoms with van der Waals surface area (Å²) in [6, 6.07) is 0. The van der Waals surface area contributed by atoms with Crippen molar-refractivity contribution >= 4 is 0 Å². The summed E-state index contributed by atoms with van der Waals surface area (Å²) in [5.74, 6) is 0.470. The van der Waals surface area contributed by atoms with E-state index in [0.717, 1.165) is 19.3 Å². The molecule has 0 heterocycles. The van der Waals surface area contributed by atoms with Crippen LogP contribution in [0.3, 0.4) is 0 Å². The highest BCUT2D eigenvalue weighted by Gasteiger charge is 2.49. The van der Waals surface area contributed by atoms with E-state index in [1.165, 1.54) is 0 Å². The van der Waals surface area contributed by atoms with Gasteiger partial charge in [-0.25, -0.2) is 0 Å². The molecule has 2 unspecified atom stereocenters. The zero-order chi connectivity index (χ0) is 9.41. The van der Waals surface area contributed by atoms with Crippen LogP contribution in [-0.4, -0.2) is 22.4 Å². The first-order chi connectivity index (χ1) is 5.42. The van der Waals surface area contributed by atoms with Crippen molar-refractivity contribution in [1.82, 2.24) is 0 Å². The van der Waals surface area contributed by atoms with Gasteiger partial charge in [-0.3, -0.25) is 0 Å². The third kappa shape index (κ3) is 1.38. The lowest BCUT2D eigenvalue weighted by Crippen LogP contribution is -2.40. The van der Waals surface area contributed by atoms with Gasteiger partial charge in [-0.05, 0) is 37.5 Å². The monoisotopic (exact) mass is 172 g/mol. The van der Waals surface area contributed by atoms with Crippen LogP contribution in [0.5, 0.6) is 0 Å². The smallest absolute Gasteiger partial charge is 0.0673 e. The number of aliphatic hydroxyl groups is 2. The molecule has 0 aliphatic heterocycles. The maximum absolute atomic E-state index is 10.0. The molecule has 0 radical (unpaired) electrons. The Kier molecular flexibility index (Phi) is 2.50. The fraction of sp³-hybridized carbons (Fsp3) is 1.00. The van der Waals surface area contributed by atoms with Gasteiger partial charge >= 0.3 is 0 Å². The summed E-state index contributed by atoms with van der Waals surface area (Å²) in [6.45, 7) is 6.34. The minimum atomic E-state index is -0.549. The average Bonchev–Trinajstić information content (AvgIpc) is 2.13. The zero-order valence-corrected chi connectivity index (χ0v) is 8.30. The fourth-order valence-corrected chi connectivity index (χ4v) is 2.24. The Morgan fingerprint density at radius 2 is 1.92 bits per heavy atom. The molecule has 0 aromatic heterocycles. The summed E-state index contributed by atoms with van der Waals surface area (Å²) in [5, 5.41) is 18.9. The van der Waals surface area contributed by atoms with Gasteiger partial charge in [0.05, 0.1) is 5.60 Å². The molecule has 0 bridgehead atoms. The van der Waals surface area contributed by atoms with Crippen LogP contribution in [-0.2, 0) is 0 Å². The molecule has 12 heavy (non-hydrogen) atoms. The van der Waals surface area contributed by atoms with E-state index in [9.17, 15) is 5.11 Å². The normalized spacial score (nSPS) is 40.2. The standard InChI is InChI=1S/C10H20O2/c1-9(2)8(5-7-11)4-6-10(9,3)12/h8,11-12H,4-7H2,1-3H3. The fourth-order valence-electron chi connectivity index (χ4n) is 2.24. The van der Waals surface area contributed by atoms with Crippen molar-refractivity contribution in [2.24, 2.45) is 11.3 Å². The second-order valence-corrected chi connectivity index (χ2v) is 4.74. The molecule has 1 aliphatic carbocycles. The molecule has 2 nitrogen and oxygen atoms in total. The van der Waals surface area contributed by atoms with Crippen LogP contribution in [0.4, 0.5) is 0 Å². The van der Waals surface area contributed by atoms with Crippen LogP contribution in [0.15, 0.2) is 0 Å². The molecule has 0 aromatic rings. The minimum absolute atomic E-state index is 0.0459. The van der Waals surface area contributed by atoms with Gasteiger partial charge in [0.1, 0.15) is 0 Å². The largest absolute Gasteiger partial charge is 0.396 e. The Hall–Kier alpha value is -0.0800. The Bertz CT molecular complexity index is 161. The molecule has 72 valence electrons. The minimum Gasteiger partial charge on any atom is -0.396 e. The predicted octanol–water partition coefficient (Wildman–Crippen LogP) is 1.56. The van der Waals surface area contributed by atoms with Gasteiger partial charge in [-0.2, -0.15) is 0 Å². The van der Waals surface area contributed by atoms with E-state index in [4.69, 9.17) is 5.11 Å². The van der Waals surface area contributed by atoms with Gasteiger partial charge in [0.25, 0.3) is 0 Å². The first-order valence-electron chi connectivity index (χ1n) is 4.75. The van der Waals surface area contributed by atoms with Crippen molar-refractivity contribution in [2.75, 3.05) is 6.61 Å². The highest BCUT2D eigenvalue weighted by molar-refractivity contribution is 5.00. The van der Waals surface area contributed by atoms with Crippen LogP contribution in [0, 0.1) is 11.3 Å². The van der Waals surface area contributed by atoms with Gasteiger partial charge in [-0.1, -0.05) is 13.8 Å². The second kappa shape index (κ2) is 3.00. The molecule has 2 heteroatoms. The summed E-state index contributed by atoms with van der Waals surface area (Å²) in [6.07, 6.45) is 2.73. The molecule has 0 saturated heterocycles. The van der Waals surface area contributed by atoms with E-state index < -0.39 is 5.60 Å². The number of rotatable bonds is 2. The molecular formula is C10H20O2. The summed E-state index contributed by atoms with van der Waals surface area (Å²) in [5.41, 5.74) is -0.595. The van der Waals surface area contributed by atoms with Crippen molar-refractivity contribution in [3.63, 3.8) is 0 Å². The molecular weight excluding hydrogens is 152 g/mol. The molecule has 1 rings (SSSR count). The third-order valence-electron chi connectivity index (χ3n) is 3.87. The second-order valence-electron chi connectivity index (χ2n) is 4.74. The Morgan fingerprint density at radius 1 is 1.33 bits per heavy atom. The SMILES string of the molecule is CC1(O)CCC(CCO)C1(C)C. The van der Waals surface area contributed by atoms with Gasteiger partial charge < -0.3 is 10.2 Å². The topological polar surface area (TPSA) is 40.5 Å². The van der Waals surface area contributed by atoms with E-state index in [2.05, 4.69) is 13.8 Å². The van der Waals surface area contributed by atoms with Crippen molar-refractivity contribution in [1.29, 1.82) is 0 Å². The molecule has 0 aromatic carbocycles. The molecule has 0 amide bonds. The van der Waals surface area contributed by atoms with E-state index in [-0.39, 0.29) is 12.0 Å². The predicted molar refractivity (Wildman–Crippen MR) is 48.8 cm³/mol. The van der Waals surface area contributed by atoms with Crippen LogP contribution in [0.25, 0.3) is 0 Å². The molecule has 1 fully saturated rings. The van der Waals surface area contributed by atoms with Gasteiger partial charge in [0, 0.05) is 6.61 Å². The molecule has 2 atom stereocenters. The highest BCUT2D eigenvalue weighted by atomic mass is 16.3. The Morgan fingerprint density at radius 3 is 2.25 bits per heavy atom. The van der Waals surface area contributed by atoms with Crippen molar-refractivity contribution < 1.29 is 10.2 Å². The molecule has 0 spiro atoms. The number of hydrogen-bond acceptors (Lipinski definition) is 2. The first kappa shape index (κ1) is 10.0. The zero-order valence-electron chi connectivity index (χ0n) is 8.30. The van der Waals surface area contributed by atoms with Crippen LogP contribution < -0.4 is 0 Å². The average molecular weight is 172 g/mol. The van der Waals surface area contributed by atoms with Crippen molar-refractivity contribution in [2.45, 2.75) is 45.6 Å². The number of hydrogen-bond donors (Lipinski definition) is 2. The van der Waals surface area contributed by atoms with Gasteiger partial charge in [0.15, 0.2) is 0 Å². The third-order valence-corrected chi connectivity index (χ3v) is 3.87. The van der Waals surface area contributed by atoms with E-state index in [0.29, 0.717) is 5.92 Å². The van der Waals surface area contributed by atoms with Crippen LogP contribution in [0.1, 0.15) is 40.0 Å². The summed E-state index contributed by atoms with van der Waals surface area (Å²) < 4.78 is 0. The Labute approximate surface area is 74.6 Å². The highest BCUT2D eigenvalue weighted by Crippen LogP contribution is 2.50. The molecule has 1 aliphatic rings. The maximum Gasteiger partial charge on any atom is 0.0673 e. The summed E-state index contributed by atoms with van der Waals surface area (Å²) in [4.78, 5) is 0. The lowest BCUT2D eigenvalue weighted by Gasteiger charge is -2.37. The molecule has 2 N–H and O–H groups in total. The van der Waals surface area contributed by atoms with Crippen molar-refractivity contribution in [3.05, 3.63) is 0 Å².